The van der Waals surface area contributed by atoms with Gasteiger partial charge in [-0.15, -0.1) is 0 Å². The molecular formula is C15H23NO2. The lowest BCUT2D eigenvalue weighted by atomic mass is 9.99. The van der Waals surface area contributed by atoms with E-state index in [9.17, 15) is 0 Å². The molecule has 1 aromatic carbocycles. The summed E-state index contributed by atoms with van der Waals surface area (Å²) in [6.07, 6.45) is 6.60. The first-order valence-electron chi connectivity index (χ1n) is 6.77. The quantitative estimate of drug-likeness (QED) is 0.788. The van der Waals surface area contributed by atoms with E-state index >= 15 is 0 Å². The molecule has 0 unspecified atom stereocenters. The van der Waals surface area contributed by atoms with Crippen LogP contribution in [0.15, 0.2) is 6.07 Å². The fourth-order valence-corrected chi connectivity index (χ4v) is 2.85. The molecule has 0 heterocycles. The van der Waals surface area contributed by atoms with Gasteiger partial charge in [-0.25, -0.2) is 0 Å². The third-order valence-corrected chi connectivity index (χ3v) is 3.71. The molecule has 18 heavy (non-hydrogen) atoms. The number of benzene rings is 1. The fraction of sp³-hybridized carbons (Fsp3) is 0.600. The lowest BCUT2D eigenvalue weighted by Gasteiger charge is -2.16. The maximum absolute atomic E-state index is 5.63. The monoisotopic (exact) mass is 249 g/mol. The van der Waals surface area contributed by atoms with E-state index in [1.807, 2.05) is 0 Å². The van der Waals surface area contributed by atoms with E-state index < -0.39 is 0 Å². The molecular weight excluding hydrogens is 226 g/mol. The van der Waals surface area contributed by atoms with Crippen LogP contribution in [-0.4, -0.2) is 20.8 Å². The summed E-state index contributed by atoms with van der Waals surface area (Å²) in [5.74, 6) is 2.12. The summed E-state index contributed by atoms with van der Waals surface area (Å²) in [5, 5.41) is 0. The Bertz CT molecular complexity index is 415. The third-order valence-electron chi connectivity index (χ3n) is 3.71. The Labute approximate surface area is 109 Å². The van der Waals surface area contributed by atoms with Crippen molar-refractivity contribution in [3.05, 3.63) is 22.8 Å². The Morgan fingerprint density at radius 3 is 2.56 bits per heavy atom. The molecule has 3 nitrogen and oxygen atoms in total. The number of hydrogen-bond donors (Lipinski definition) is 1. The second-order valence-electron chi connectivity index (χ2n) is 4.83. The van der Waals surface area contributed by atoms with E-state index in [0.29, 0.717) is 0 Å². The van der Waals surface area contributed by atoms with Gasteiger partial charge in [-0.05, 0) is 56.7 Å². The van der Waals surface area contributed by atoms with Crippen molar-refractivity contribution in [2.45, 2.75) is 38.5 Å². The van der Waals surface area contributed by atoms with Crippen molar-refractivity contribution in [3.8, 4) is 11.5 Å². The third kappa shape index (κ3) is 2.46. The van der Waals surface area contributed by atoms with Gasteiger partial charge < -0.3 is 15.2 Å². The van der Waals surface area contributed by atoms with Gasteiger partial charge in [-0.2, -0.15) is 0 Å². The number of nitrogens with two attached hydrogens (primary N) is 1. The molecule has 0 saturated heterocycles. The summed E-state index contributed by atoms with van der Waals surface area (Å²) in [6.45, 7) is 0.754. The Hall–Kier alpha value is -1.22. The summed E-state index contributed by atoms with van der Waals surface area (Å²) in [7, 11) is 3.52. The summed E-state index contributed by atoms with van der Waals surface area (Å²) in [4.78, 5) is 0. The van der Waals surface area contributed by atoms with Gasteiger partial charge in [0.25, 0.3) is 0 Å². The molecule has 0 bridgehead atoms. The summed E-state index contributed by atoms with van der Waals surface area (Å²) < 4.78 is 11.2. The van der Waals surface area contributed by atoms with Gasteiger partial charge in [0, 0.05) is 11.1 Å². The van der Waals surface area contributed by atoms with Crippen LogP contribution in [-0.2, 0) is 19.3 Å². The highest BCUT2D eigenvalue weighted by atomic mass is 16.5. The van der Waals surface area contributed by atoms with Crippen molar-refractivity contribution in [1.29, 1.82) is 0 Å². The Morgan fingerprint density at radius 2 is 1.89 bits per heavy atom. The van der Waals surface area contributed by atoms with Gasteiger partial charge in [-0.3, -0.25) is 0 Å². The maximum Gasteiger partial charge on any atom is 0.125 e. The molecule has 0 amide bonds. The average Bonchev–Trinajstić information content (AvgIpc) is 2.87. The highest BCUT2D eigenvalue weighted by Crippen LogP contribution is 2.40. The lowest BCUT2D eigenvalue weighted by Crippen LogP contribution is -2.03. The maximum atomic E-state index is 5.63. The van der Waals surface area contributed by atoms with Crippen molar-refractivity contribution >= 4 is 0 Å². The second-order valence-corrected chi connectivity index (χ2v) is 4.83. The average molecular weight is 249 g/mol. The van der Waals surface area contributed by atoms with Crippen molar-refractivity contribution in [1.82, 2.24) is 0 Å². The van der Waals surface area contributed by atoms with E-state index in [-0.39, 0.29) is 0 Å². The predicted molar refractivity (Wildman–Crippen MR) is 73.6 cm³/mol. The zero-order valence-electron chi connectivity index (χ0n) is 11.4. The molecule has 2 rings (SSSR count). The first kappa shape index (κ1) is 13.2. The van der Waals surface area contributed by atoms with Crippen LogP contribution < -0.4 is 15.2 Å². The molecule has 0 aliphatic heterocycles. The van der Waals surface area contributed by atoms with E-state index in [2.05, 4.69) is 6.07 Å². The highest BCUT2D eigenvalue weighted by molar-refractivity contribution is 5.55. The second kappa shape index (κ2) is 6.10. The van der Waals surface area contributed by atoms with E-state index in [0.717, 1.165) is 50.1 Å². The van der Waals surface area contributed by atoms with E-state index in [1.165, 1.54) is 23.1 Å². The van der Waals surface area contributed by atoms with Crippen LogP contribution in [0.2, 0.25) is 0 Å². The molecule has 100 valence electrons. The molecule has 0 aromatic heterocycles. The molecule has 2 N–H and O–H groups in total. The molecule has 0 radical (unpaired) electrons. The SMILES string of the molecule is COc1cc(CCCCN)c(OC)c2c1CCC2. The number of aryl methyl sites for hydroxylation is 1. The first-order valence-corrected chi connectivity index (χ1v) is 6.77. The van der Waals surface area contributed by atoms with Crippen molar-refractivity contribution < 1.29 is 9.47 Å². The molecule has 0 atom stereocenters. The summed E-state index contributed by atoms with van der Waals surface area (Å²) in [5.41, 5.74) is 9.53. The molecule has 1 aliphatic rings. The number of rotatable bonds is 6. The summed E-state index contributed by atoms with van der Waals surface area (Å²) in [6, 6.07) is 2.15. The Kier molecular flexibility index (Phi) is 4.48. The lowest BCUT2D eigenvalue weighted by molar-refractivity contribution is 0.393. The Balaban J connectivity index is 2.32. The van der Waals surface area contributed by atoms with Crippen LogP contribution in [0.5, 0.6) is 11.5 Å². The fourth-order valence-electron chi connectivity index (χ4n) is 2.85. The molecule has 0 fully saturated rings. The van der Waals surface area contributed by atoms with E-state index in [1.54, 1.807) is 14.2 Å². The van der Waals surface area contributed by atoms with Crippen LogP contribution in [0.4, 0.5) is 0 Å². The minimum Gasteiger partial charge on any atom is -0.496 e. The van der Waals surface area contributed by atoms with E-state index in [4.69, 9.17) is 15.2 Å². The van der Waals surface area contributed by atoms with Crippen molar-refractivity contribution in [2.75, 3.05) is 20.8 Å². The first-order chi connectivity index (χ1) is 8.81. The Morgan fingerprint density at radius 1 is 1.11 bits per heavy atom. The smallest absolute Gasteiger partial charge is 0.125 e. The topological polar surface area (TPSA) is 44.5 Å². The van der Waals surface area contributed by atoms with Gasteiger partial charge >= 0.3 is 0 Å². The highest BCUT2D eigenvalue weighted by Gasteiger charge is 2.22. The van der Waals surface area contributed by atoms with Gasteiger partial charge in [0.2, 0.25) is 0 Å². The van der Waals surface area contributed by atoms with Crippen LogP contribution in [0.1, 0.15) is 36.0 Å². The zero-order valence-corrected chi connectivity index (χ0v) is 11.4. The standard InChI is InChI=1S/C15H23NO2/c1-17-14-10-11(6-3-4-9-16)15(18-2)13-8-5-7-12(13)14/h10H,3-9,16H2,1-2H3. The number of fused-ring (bicyclic) bond motifs is 1. The van der Waals surface area contributed by atoms with Gasteiger partial charge in [0.05, 0.1) is 14.2 Å². The molecule has 1 aromatic rings. The number of unbranched alkanes of at least 4 members (excludes halogenated alkanes) is 1. The van der Waals surface area contributed by atoms with Crippen LogP contribution >= 0.6 is 0 Å². The summed E-state index contributed by atoms with van der Waals surface area (Å²) >= 11 is 0. The minimum absolute atomic E-state index is 0.754. The van der Waals surface area contributed by atoms with Crippen LogP contribution in [0, 0.1) is 0 Å². The zero-order chi connectivity index (χ0) is 13.0. The number of hydrogen-bond acceptors (Lipinski definition) is 3. The largest absolute Gasteiger partial charge is 0.496 e. The number of ether oxygens (including phenoxy) is 2. The van der Waals surface area contributed by atoms with Crippen molar-refractivity contribution in [2.24, 2.45) is 5.73 Å². The van der Waals surface area contributed by atoms with Crippen molar-refractivity contribution in [3.63, 3.8) is 0 Å². The van der Waals surface area contributed by atoms with Crippen LogP contribution in [0.3, 0.4) is 0 Å². The molecule has 3 heteroatoms. The molecule has 0 spiro atoms. The normalized spacial score (nSPS) is 13.5. The van der Waals surface area contributed by atoms with Gasteiger partial charge in [0.15, 0.2) is 0 Å². The van der Waals surface area contributed by atoms with Crippen LogP contribution in [0.25, 0.3) is 0 Å². The minimum atomic E-state index is 0.754. The number of methoxy groups -OCH3 is 2. The van der Waals surface area contributed by atoms with Gasteiger partial charge in [-0.1, -0.05) is 0 Å². The molecule has 0 saturated carbocycles. The molecule has 1 aliphatic carbocycles. The predicted octanol–water partition coefficient (Wildman–Crippen LogP) is 2.47. The van der Waals surface area contributed by atoms with Gasteiger partial charge in [0.1, 0.15) is 11.5 Å².